The molecule has 144 valence electrons. The highest BCUT2D eigenvalue weighted by atomic mass is 16.2. The van der Waals surface area contributed by atoms with Gasteiger partial charge < -0.3 is 4.90 Å². The SMILES string of the molecule is C[C@@H](C(=O)N(C)CCC#N)N(C)C[C@@H]1CCCN(C)[C@H]1c1cnn(C)c1. The highest BCUT2D eigenvalue weighted by molar-refractivity contribution is 5.81. The zero-order valence-corrected chi connectivity index (χ0v) is 16.7. The van der Waals surface area contributed by atoms with Crippen LogP contribution >= 0.6 is 0 Å². The standard InChI is InChI=1S/C19H32N6O/c1-15(19(26)23(3)11-7-9-20)24(4)13-16-8-6-10-22(2)18(16)17-12-21-25(5)14-17/h12,14-16,18H,6-8,10-11,13H2,1-5H3/t15-,16-,18+/m0/s1. The topological polar surface area (TPSA) is 68.4 Å². The lowest BCUT2D eigenvalue weighted by atomic mass is 9.85. The molecule has 1 aliphatic heterocycles. The van der Waals surface area contributed by atoms with E-state index < -0.39 is 0 Å². The smallest absolute Gasteiger partial charge is 0.239 e. The van der Waals surface area contributed by atoms with Crippen LogP contribution in [0.15, 0.2) is 12.4 Å². The van der Waals surface area contributed by atoms with Crippen LogP contribution in [0.4, 0.5) is 0 Å². The van der Waals surface area contributed by atoms with E-state index in [1.165, 1.54) is 12.0 Å². The van der Waals surface area contributed by atoms with Gasteiger partial charge in [0.15, 0.2) is 0 Å². The predicted octanol–water partition coefficient (Wildman–Crippen LogP) is 1.50. The molecule has 0 unspecified atom stereocenters. The summed E-state index contributed by atoms with van der Waals surface area (Å²) in [5, 5.41) is 13.1. The van der Waals surface area contributed by atoms with Gasteiger partial charge in [0, 0.05) is 45.0 Å². The number of hydrogen-bond acceptors (Lipinski definition) is 5. The fraction of sp³-hybridized carbons (Fsp3) is 0.737. The van der Waals surface area contributed by atoms with E-state index in [4.69, 9.17) is 5.26 Å². The fourth-order valence-electron chi connectivity index (χ4n) is 3.93. The third-order valence-electron chi connectivity index (χ3n) is 5.55. The highest BCUT2D eigenvalue weighted by Crippen LogP contribution is 2.35. The number of hydrogen-bond donors (Lipinski definition) is 0. The van der Waals surface area contributed by atoms with Crippen LogP contribution < -0.4 is 0 Å². The second-order valence-corrected chi connectivity index (χ2v) is 7.56. The molecular formula is C19H32N6O. The molecule has 26 heavy (non-hydrogen) atoms. The number of carbonyl (C=O) groups is 1. The molecule has 0 spiro atoms. The van der Waals surface area contributed by atoms with Crippen LogP contribution in [-0.4, -0.2) is 77.2 Å². The molecule has 1 saturated heterocycles. The number of nitriles is 1. The van der Waals surface area contributed by atoms with Crippen LogP contribution in [-0.2, 0) is 11.8 Å². The summed E-state index contributed by atoms with van der Waals surface area (Å²) in [5.41, 5.74) is 1.25. The molecule has 1 aromatic heterocycles. The summed E-state index contributed by atoms with van der Waals surface area (Å²) < 4.78 is 1.86. The number of nitrogens with zero attached hydrogens (tertiary/aromatic N) is 6. The zero-order chi connectivity index (χ0) is 19.3. The van der Waals surface area contributed by atoms with Gasteiger partial charge >= 0.3 is 0 Å². The Hall–Kier alpha value is -1.91. The Morgan fingerprint density at radius 2 is 2.19 bits per heavy atom. The summed E-state index contributed by atoms with van der Waals surface area (Å²) in [4.78, 5) is 18.8. The Kier molecular flexibility index (Phi) is 7.18. The van der Waals surface area contributed by atoms with E-state index in [0.717, 1.165) is 19.5 Å². The number of carbonyl (C=O) groups excluding carboxylic acids is 1. The van der Waals surface area contributed by atoms with Crippen molar-refractivity contribution in [3.05, 3.63) is 18.0 Å². The number of likely N-dealkylation sites (N-methyl/N-ethyl adjacent to an activating group) is 2. The third-order valence-corrected chi connectivity index (χ3v) is 5.55. The molecule has 0 saturated carbocycles. The van der Waals surface area contributed by atoms with Crippen molar-refractivity contribution in [2.75, 3.05) is 40.8 Å². The molecule has 0 bridgehead atoms. The quantitative estimate of drug-likeness (QED) is 0.737. The van der Waals surface area contributed by atoms with Crippen LogP contribution in [0, 0.1) is 17.2 Å². The molecule has 1 aliphatic rings. The van der Waals surface area contributed by atoms with Gasteiger partial charge in [-0.3, -0.25) is 19.3 Å². The average molecular weight is 361 g/mol. The monoisotopic (exact) mass is 360 g/mol. The maximum Gasteiger partial charge on any atom is 0.239 e. The maximum atomic E-state index is 12.6. The van der Waals surface area contributed by atoms with Crippen molar-refractivity contribution in [1.29, 1.82) is 5.26 Å². The van der Waals surface area contributed by atoms with Gasteiger partial charge in [0.1, 0.15) is 0 Å². The molecule has 0 aromatic carbocycles. The summed E-state index contributed by atoms with van der Waals surface area (Å²) >= 11 is 0. The van der Waals surface area contributed by atoms with Crippen molar-refractivity contribution < 1.29 is 4.79 Å². The molecule has 7 heteroatoms. The Morgan fingerprint density at radius 3 is 2.81 bits per heavy atom. The van der Waals surface area contributed by atoms with Crippen molar-refractivity contribution in [1.82, 2.24) is 24.5 Å². The van der Waals surface area contributed by atoms with Crippen molar-refractivity contribution in [3.63, 3.8) is 0 Å². The fourth-order valence-corrected chi connectivity index (χ4v) is 3.93. The summed E-state index contributed by atoms with van der Waals surface area (Å²) in [6.45, 7) is 4.39. The first kappa shape index (κ1) is 20.4. The molecule has 0 aliphatic carbocycles. The Labute approximate surface area is 157 Å². The van der Waals surface area contributed by atoms with Crippen molar-refractivity contribution in [2.45, 2.75) is 38.3 Å². The number of likely N-dealkylation sites (tertiary alicyclic amines) is 1. The average Bonchev–Trinajstić information content (AvgIpc) is 3.04. The van der Waals surface area contributed by atoms with Gasteiger partial charge in [-0.2, -0.15) is 10.4 Å². The summed E-state index contributed by atoms with van der Waals surface area (Å²) in [5.74, 6) is 0.535. The molecule has 3 atom stereocenters. The van der Waals surface area contributed by atoms with Crippen molar-refractivity contribution >= 4 is 5.91 Å². The van der Waals surface area contributed by atoms with E-state index in [1.807, 2.05) is 31.9 Å². The molecule has 0 radical (unpaired) electrons. The first-order valence-electron chi connectivity index (χ1n) is 9.36. The Balaban J connectivity index is 2.04. The van der Waals surface area contributed by atoms with E-state index in [2.05, 4.69) is 34.2 Å². The number of aromatic nitrogens is 2. The minimum Gasteiger partial charge on any atom is -0.343 e. The van der Waals surface area contributed by atoms with Crippen LogP contribution in [0.5, 0.6) is 0 Å². The van der Waals surface area contributed by atoms with Crippen LogP contribution in [0.1, 0.15) is 37.8 Å². The van der Waals surface area contributed by atoms with Gasteiger partial charge in [-0.1, -0.05) is 0 Å². The number of aryl methyl sites for hydroxylation is 1. The van der Waals surface area contributed by atoms with Crippen LogP contribution in [0.2, 0.25) is 0 Å². The van der Waals surface area contributed by atoms with E-state index in [-0.39, 0.29) is 11.9 Å². The van der Waals surface area contributed by atoms with Gasteiger partial charge in [-0.05, 0) is 46.3 Å². The highest BCUT2D eigenvalue weighted by Gasteiger charge is 2.33. The normalized spacial score (nSPS) is 22.2. The Morgan fingerprint density at radius 1 is 1.46 bits per heavy atom. The first-order valence-corrected chi connectivity index (χ1v) is 9.36. The van der Waals surface area contributed by atoms with E-state index in [1.54, 1.807) is 11.9 Å². The lowest BCUT2D eigenvalue weighted by Crippen LogP contribution is -2.48. The van der Waals surface area contributed by atoms with Gasteiger partial charge in [0.25, 0.3) is 0 Å². The number of piperidine rings is 1. The number of amides is 1. The van der Waals surface area contributed by atoms with Crippen molar-refractivity contribution in [2.24, 2.45) is 13.0 Å². The molecule has 2 rings (SSSR count). The third kappa shape index (κ3) is 4.83. The van der Waals surface area contributed by atoms with E-state index in [9.17, 15) is 4.79 Å². The summed E-state index contributed by atoms with van der Waals surface area (Å²) in [7, 11) is 7.92. The van der Waals surface area contributed by atoms with Crippen LogP contribution in [0.3, 0.4) is 0 Å². The minimum atomic E-state index is -0.194. The molecule has 7 nitrogen and oxygen atoms in total. The molecule has 1 fully saturated rings. The minimum absolute atomic E-state index is 0.0739. The van der Waals surface area contributed by atoms with Gasteiger partial charge in [-0.15, -0.1) is 0 Å². The van der Waals surface area contributed by atoms with Crippen molar-refractivity contribution in [3.8, 4) is 6.07 Å². The second kappa shape index (κ2) is 9.15. The van der Waals surface area contributed by atoms with E-state index in [0.29, 0.717) is 24.9 Å². The molecule has 1 amide bonds. The summed E-state index contributed by atoms with van der Waals surface area (Å²) in [6, 6.07) is 2.24. The Bertz CT molecular complexity index is 636. The maximum absolute atomic E-state index is 12.6. The molecular weight excluding hydrogens is 328 g/mol. The zero-order valence-electron chi connectivity index (χ0n) is 16.7. The first-order chi connectivity index (χ1) is 12.3. The molecule has 2 heterocycles. The largest absolute Gasteiger partial charge is 0.343 e. The lowest BCUT2D eigenvalue weighted by molar-refractivity contribution is -0.134. The number of rotatable bonds is 7. The summed E-state index contributed by atoms with van der Waals surface area (Å²) in [6.07, 6.45) is 6.76. The second-order valence-electron chi connectivity index (χ2n) is 7.56. The van der Waals surface area contributed by atoms with Gasteiger partial charge in [-0.25, -0.2) is 0 Å². The molecule has 1 aromatic rings. The van der Waals surface area contributed by atoms with E-state index >= 15 is 0 Å². The van der Waals surface area contributed by atoms with Gasteiger partial charge in [0.2, 0.25) is 5.91 Å². The predicted molar refractivity (Wildman–Crippen MR) is 101 cm³/mol. The molecule has 0 N–H and O–H groups in total. The van der Waals surface area contributed by atoms with Crippen LogP contribution in [0.25, 0.3) is 0 Å². The van der Waals surface area contributed by atoms with Gasteiger partial charge in [0.05, 0.1) is 24.7 Å². The lowest BCUT2D eigenvalue weighted by Gasteiger charge is -2.41.